The summed E-state index contributed by atoms with van der Waals surface area (Å²) < 4.78 is 23.0. The molecule has 2 saturated heterocycles. The van der Waals surface area contributed by atoms with Gasteiger partial charge in [-0.25, -0.2) is 0 Å². The SMILES string of the molecule is NC[C@H]1O[C@@H](OC2C(O)[C@H](N)CC(N)[C@H]2O[C@H]2OC(CN)(CO)CC(O)C2N)C(O)C1O. The number of hydrogen-bond acceptors (Lipinski definition) is 14. The molecule has 0 spiro atoms. The Morgan fingerprint density at radius 2 is 1.53 bits per heavy atom. The van der Waals surface area contributed by atoms with Crippen LogP contribution in [0.2, 0.25) is 0 Å². The lowest BCUT2D eigenvalue weighted by molar-refractivity contribution is -0.314. The van der Waals surface area contributed by atoms with Crippen LogP contribution < -0.4 is 28.7 Å². The van der Waals surface area contributed by atoms with Crippen molar-refractivity contribution in [1.29, 1.82) is 0 Å². The van der Waals surface area contributed by atoms with Crippen molar-refractivity contribution in [1.82, 2.24) is 0 Å². The van der Waals surface area contributed by atoms with E-state index in [0.717, 1.165) is 0 Å². The predicted molar refractivity (Wildman–Crippen MR) is 108 cm³/mol. The van der Waals surface area contributed by atoms with Crippen molar-refractivity contribution >= 4 is 0 Å². The summed E-state index contributed by atoms with van der Waals surface area (Å²) in [4.78, 5) is 0. The van der Waals surface area contributed by atoms with Crippen LogP contribution in [-0.2, 0) is 18.9 Å². The maximum Gasteiger partial charge on any atom is 0.187 e. The highest BCUT2D eigenvalue weighted by molar-refractivity contribution is 5.02. The highest BCUT2D eigenvalue weighted by Gasteiger charge is 2.52. The zero-order chi connectivity index (χ0) is 23.8. The normalized spacial score (nSPS) is 52.3. The number of nitrogens with two attached hydrogens (primary N) is 5. The second-order valence-corrected chi connectivity index (χ2v) is 8.90. The minimum atomic E-state index is -1.43. The summed E-state index contributed by atoms with van der Waals surface area (Å²) in [6.07, 6.45) is -10.6. The highest BCUT2D eigenvalue weighted by atomic mass is 16.7. The van der Waals surface area contributed by atoms with E-state index >= 15 is 0 Å². The van der Waals surface area contributed by atoms with Crippen LogP contribution in [0.25, 0.3) is 0 Å². The van der Waals surface area contributed by atoms with Crippen molar-refractivity contribution in [2.75, 3.05) is 19.7 Å². The van der Waals surface area contributed by atoms with Gasteiger partial charge in [0, 0.05) is 31.6 Å². The number of rotatable bonds is 7. The Morgan fingerprint density at radius 1 is 0.875 bits per heavy atom. The van der Waals surface area contributed by atoms with Gasteiger partial charge >= 0.3 is 0 Å². The Hall–Kier alpha value is -0.560. The average Bonchev–Trinajstić information content (AvgIpc) is 3.04. The summed E-state index contributed by atoms with van der Waals surface area (Å²) in [6.45, 7) is -0.634. The molecule has 1 saturated carbocycles. The topological polar surface area (TPSA) is 268 Å². The van der Waals surface area contributed by atoms with E-state index in [1.165, 1.54) is 0 Å². The third kappa shape index (κ3) is 4.94. The maximum absolute atomic E-state index is 10.7. The van der Waals surface area contributed by atoms with Crippen molar-refractivity contribution in [3.8, 4) is 0 Å². The Balaban J connectivity index is 1.80. The predicted octanol–water partition coefficient (Wildman–Crippen LogP) is -6.29. The maximum atomic E-state index is 10.7. The molecule has 0 amide bonds. The van der Waals surface area contributed by atoms with E-state index in [1.54, 1.807) is 0 Å². The standard InChI is InChI=1S/C18H37N5O9/c19-3-9-12(27)13(28)17(29-9)31-15-11(26)6(21)1-7(22)14(15)30-16-10(23)8(25)2-18(4-20,5-24)32-16/h6-17,24-28H,1-5,19-23H2/t6-,7?,8?,9-,10?,11?,12?,13?,14-,15?,16+,17+,18?/m1/s1. The molecule has 13 atom stereocenters. The molecule has 8 unspecified atom stereocenters. The first kappa shape index (κ1) is 26.1. The zero-order valence-electron chi connectivity index (χ0n) is 17.7. The van der Waals surface area contributed by atoms with Gasteiger partial charge in [0.05, 0.1) is 24.9 Å². The minimum absolute atomic E-state index is 0.00560. The summed E-state index contributed by atoms with van der Waals surface area (Å²) >= 11 is 0. The van der Waals surface area contributed by atoms with Gasteiger partial charge in [0.2, 0.25) is 0 Å². The lowest BCUT2D eigenvalue weighted by Gasteiger charge is -2.48. The third-order valence-corrected chi connectivity index (χ3v) is 6.56. The largest absolute Gasteiger partial charge is 0.393 e. The van der Waals surface area contributed by atoms with E-state index in [2.05, 4.69) is 0 Å². The van der Waals surface area contributed by atoms with E-state index in [-0.39, 0.29) is 25.9 Å². The molecule has 0 aromatic rings. The summed E-state index contributed by atoms with van der Waals surface area (Å²) in [5, 5.41) is 51.1. The van der Waals surface area contributed by atoms with E-state index in [1.807, 2.05) is 0 Å². The number of aliphatic hydroxyl groups is 5. The molecule has 32 heavy (non-hydrogen) atoms. The van der Waals surface area contributed by atoms with Crippen LogP contribution in [0, 0.1) is 0 Å². The molecule has 0 aromatic heterocycles. The summed E-state index contributed by atoms with van der Waals surface area (Å²) in [6, 6.07) is -2.52. The Kier molecular flexibility index (Phi) is 8.44. The van der Waals surface area contributed by atoms with Gasteiger partial charge in [-0.1, -0.05) is 0 Å². The minimum Gasteiger partial charge on any atom is -0.393 e. The lowest BCUT2D eigenvalue weighted by Crippen LogP contribution is -2.68. The molecule has 3 fully saturated rings. The summed E-state index contributed by atoms with van der Waals surface area (Å²) in [5.41, 5.74) is 28.3. The van der Waals surface area contributed by atoms with Crippen LogP contribution in [0.15, 0.2) is 0 Å². The van der Waals surface area contributed by atoms with Crippen molar-refractivity contribution in [3.05, 3.63) is 0 Å². The van der Waals surface area contributed by atoms with Gasteiger partial charge in [-0.2, -0.15) is 0 Å². The second kappa shape index (κ2) is 10.4. The first-order chi connectivity index (χ1) is 15.1. The van der Waals surface area contributed by atoms with Gasteiger partial charge < -0.3 is 73.1 Å². The smallest absolute Gasteiger partial charge is 0.187 e. The Labute approximate surface area is 185 Å². The van der Waals surface area contributed by atoms with Crippen LogP contribution >= 0.6 is 0 Å². The van der Waals surface area contributed by atoms with Crippen LogP contribution in [0.3, 0.4) is 0 Å². The second-order valence-electron chi connectivity index (χ2n) is 8.90. The van der Waals surface area contributed by atoms with Crippen LogP contribution in [0.5, 0.6) is 0 Å². The van der Waals surface area contributed by atoms with E-state index in [4.69, 9.17) is 47.6 Å². The number of ether oxygens (including phenoxy) is 4. The first-order valence-electron chi connectivity index (χ1n) is 10.7. The summed E-state index contributed by atoms with van der Waals surface area (Å²) in [5.74, 6) is 0. The quantitative estimate of drug-likeness (QED) is 0.167. The molecule has 15 N–H and O–H groups in total. The van der Waals surface area contributed by atoms with Gasteiger partial charge in [-0.05, 0) is 6.42 Å². The molecular weight excluding hydrogens is 430 g/mol. The molecule has 14 heteroatoms. The molecule has 14 nitrogen and oxygen atoms in total. The highest BCUT2D eigenvalue weighted by Crippen LogP contribution is 2.34. The molecule has 188 valence electrons. The molecule has 0 aromatic carbocycles. The number of aliphatic hydroxyl groups excluding tert-OH is 5. The van der Waals surface area contributed by atoms with Gasteiger partial charge in [-0.3, -0.25) is 0 Å². The summed E-state index contributed by atoms with van der Waals surface area (Å²) in [7, 11) is 0. The van der Waals surface area contributed by atoms with Crippen molar-refractivity contribution in [2.45, 2.75) is 91.9 Å². The fraction of sp³-hybridized carbons (Fsp3) is 1.00. The molecule has 2 aliphatic heterocycles. The van der Waals surface area contributed by atoms with Gasteiger partial charge in [0.1, 0.15) is 36.1 Å². The van der Waals surface area contributed by atoms with E-state index in [9.17, 15) is 25.5 Å². The molecule has 0 bridgehead atoms. The molecule has 3 rings (SSSR count). The Morgan fingerprint density at radius 3 is 2.09 bits per heavy atom. The Bertz CT molecular complexity index is 617. The first-order valence-corrected chi connectivity index (χ1v) is 10.7. The fourth-order valence-electron chi connectivity index (χ4n) is 4.43. The van der Waals surface area contributed by atoms with Gasteiger partial charge in [0.15, 0.2) is 12.6 Å². The van der Waals surface area contributed by atoms with Crippen LogP contribution in [-0.4, -0.2) is 124 Å². The van der Waals surface area contributed by atoms with Crippen LogP contribution in [0.1, 0.15) is 12.8 Å². The third-order valence-electron chi connectivity index (χ3n) is 6.56. The number of hydrogen-bond donors (Lipinski definition) is 10. The molecule has 3 aliphatic rings. The van der Waals surface area contributed by atoms with Crippen molar-refractivity contribution < 1.29 is 44.5 Å². The van der Waals surface area contributed by atoms with Crippen LogP contribution in [0.4, 0.5) is 0 Å². The van der Waals surface area contributed by atoms with E-state index in [0.29, 0.717) is 0 Å². The average molecular weight is 468 g/mol. The van der Waals surface area contributed by atoms with Crippen molar-refractivity contribution in [2.24, 2.45) is 28.7 Å². The molecule has 1 aliphatic carbocycles. The van der Waals surface area contributed by atoms with Gasteiger partial charge in [-0.15, -0.1) is 0 Å². The fourth-order valence-corrected chi connectivity index (χ4v) is 4.43. The lowest BCUT2D eigenvalue weighted by atomic mass is 9.84. The molecular formula is C18H37N5O9. The zero-order valence-corrected chi connectivity index (χ0v) is 17.7. The monoisotopic (exact) mass is 467 g/mol. The van der Waals surface area contributed by atoms with Gasteiger partial charge in [0.25, 0.3) is 0 Å². The van der Waals surface area contributed by atoms with Crippen molar-refractivity contribution in [3.63, 3.8) is 0 Å². The molecule has 0 radical (unpaired) electrons. The molecule has 2 heterocycles. The van der Waals surface area contributed by atoms with E-state index < -0.39 is 85.6 Å².